The SMILES string of the molecule is CCCCCOc1ccc(C(C)NC(=O)C(c2ccccc2)N2CCS(=O)(=O)CC2)cc1OC. The number of amides is 1. The number of sulfone groups is 1. The van der Waals surface area contributed by atoms with E-state index in [0.717, 1.165) is 30.4 Å². The summed E-state index contributed by atoms with van der Waals surface area (Å²) in [7, 11) is -1.44. The fraction of sp³-hybridized carbons (Fsp3) is 0.500. The molecular formula is C26H36N2O5S. The lowest BCUT2D eigenvalue weighted by atomic mass is 10.0. The van der Waals surface area contributed by atoms with Crippen molar-refractivity contribution in [2.75, 3.05) is 38.3 Å². The maximum absolute atomic E-state index is 13.5. The van der Waals surface area contributed by atoms with Gasteiger partial charge in [-0.15, -0.1) is 0 Å². The number of benzene rings is 2. The molecule has 1 aliphatic rings. The van der Waals surface area contributed by atoms with Gasteiger partial charge in [0.1, 0.15) is 6.04 Å². The van der Waals surface area contributed by atoms with E-state index in [-0.39, 0.29) is 23.5 Å². The molecule has 0 spiro atoms. The monoisotopic (exact) mass is 488 g/mol. The van der Waals surface area contributed by atoms with Gasteiger partial charge in [-0.3, -0.25) is 9.69 Å². The van der Waals surface area contributed by atoms with Crippen molar-refractivity contribution >= 4 is 15.7 Å². The van der Waals surface area contributed by atoms with Gasteiger partial charge in [-0.2, -0.15) is 0 Å². The van der Waals surface area contributed by atoms with E-state index in [1.165, 1.54) is 0 Å². The molecule has 2 aromatic rings. The maximum atomic E-state index is 13.5. The number of hydrogen-bond acceptors (Lipinski definition) is 6. The summed E-state index contributed by atoms with van der Waals surface area (Å²) in [6.45, 7) is 5.39. The van der Waals surface area contributed by atoms with E-state index >= 15 is 0 Å². The largest absolute Gasteiger partial charge is 0.493 e. The molecule has 7 nitrogen and oxygen atoms in total. The molecule has 34 heavy (non-hydrogen) atoms. The van der Waals surface area contributed by atoms with Gasteiger partial charge in [-0.25, -0.2) is 8.42 Å². The van der Waals surface area contributed by atoms with Crippen LogP contribution in [0.3, 0.4) is 0 Å². The second-order valence-corrected chi connectivity index (χ2v) is 11.0. The lowest BCUT2D eigenvalue weighted by Gasteiger charge is -2.34. The van der Waals surface area contributed by atoms with Gasteiger partial charge in [-0.1, -0.05) is 56.2 Å². The molecule has 1 saturated heterocycles. The molecule has 1 aliphatic heterocycles. The first kappa shape index (κ1) is 26.0. The zero-order valence-electron chi connectivity index (χ0n) is 20.3. The molecule has 1 amide bonds. The normalized spacial score (nSPS) is 17.5. The number of carbonyl (C=O) groups is 1. The molecule has 0 bridgehead atoms. The molecule has 2 atom stereocenters. The quantitative estimate of drug-likeness (QED) is 0.483. The van der Waals surface area contributed by atoms with Gasteiger partial charge in [0.05, 0.1) is 31.3 Å². The number of unbranched alkanes of at least 4 members (excludes halogenated alkanes) is 2. The summed E-state index contributed by atoms with van der Waals surface area (Å²) >= 11 is 0. The average molecular weight is 489 g/mol. The highest BCUT2D eigenvalue weighted by atomic mass is 32.2. The molecule has 3 rings (SSSR count). The van der Waals surface area contributed by atoms with Crippen LogP contribution in [0.5, 0.6) is 11.5 Å². The van der Waals surface area contributed by atoms with Crippen LogP contribution in [-0.2, 0) is 14.6 Å². The van der Waals surface area contributed by atoms with Crippen LogP contribution in [0, 0.1) is 0 Å². The number of methoxy groups -OCH3 is 1. The number of ether oxygens (including phenoxy) is 2. The van der Waals surface area contributed by atoms with Crippen LogP contribution < -0.4 is 14.8 Å². The molecular weight excluding hydrogens is 452 g/mol. The van der Waals surface area contributed by atoms with Gasteiger partial charge in [0, 0.05) is 13.1 Å². The second kappa shape index (κ2) is 12.2. The molecule has 2 aromatic carbocycles. The Bertz CT molecular complexity index is 1030. The molecule has 1 heterocycles. The Balaban J connectivity index is 1.73. The van der Waals surface area contributed by atoms with Crippen molar-refractivity contribution in [3.05, 3.63) is 59.7 Å². The van der Waals surface area contributed by atoms with Crippen LogP contribution in [-0.4, -0.2) is 57.5 Å². The fourth-order valence-corrected chi connectivity index (χ4v) is 5.36. The van der Waals surface area contributed by atoms with Crippen molar-refractivity contribution < 1.29 is 22.7 Å². The summed E-state index contributed by atoms with van der Waals surface area (Å²) in [6.07, 6.45) is 3.25. The predicted molar refractivity (Wildman–Crippen MR) is 134 cm³/mol. The Labute approximate surface area is 203 Å². The number of hydrogen-bond donors (Lipinski definition) is 1. The van der Waals surface area contributed by atoms with Crippen LogP contribution in [0.2, 0.25) is 0 Å². The smallest absolute Gasteiger partial charge is 0.242 e. The first-order chi connectivity index (χ1) is 16.3. The van der Waals surface area contributed by atoms with Crippen LogP contribution in [0.1, 0.15) is 56.3 Å². The highest BCUT2D eigenvalue weighted by Crippen LogP contribution is 2.31. The molecule has 0 radical (unpaired) electrons. The highest BCUT2D eigenvalue weighted by Gasteiger charge is 2.33. The number of nitrogens with zero attached hydrogens (tertiary/aromatic N) is 1. The summed E-state index contributed by atoms with van der Waals surface area (Å²) in [5, 5.41) is 3.12. The lowest BCUT2D eigenvalue weighted by molar-refractivity contribution is -0.127. The minimum atomic E-state index is -3.04. The van der Waals surface area contributed by atoms with Crippen LogP contribution in [0.15, 0.2) is 48.5 Å². The molecule has 0 saturated carbocycles. The van der Waals surface area contributed by atoms with E-state index in [4.69, 9.17) is 9.47 Å². The van der Waals surface area contributed by atoms with Crippen LogP contribution in [0.25, 0.3) is 0 Å². The summed E-state index contributed by atoms with van der Waals surface area (Å²) in [4.78, 5) is 15.4. The van der Waals surface area contributed by atoms with Gasteiger partial charge in [0.25, 0.3) is 0 Å². The fourth-order valence-electron chi connectivity index (χ4n) is 4.13. The minimum Gasteiger partial charge on any atom is -0.493 e. The number of carbonyl (C=O) groups excluding carboxylic acids is 1. The Morgan fingerprint density at radius 2 is 1.74 bits per heavy atom. The van der Waals surface area contributed by atoms with Gasteiger partial charge >= 0.3 is 0 Å². The third-order valence-corrected chi connectivity index (χ3v) is 7.77. The topological polar surface area (TPSA) is 84.9 Å². The Morgan fingerprint density at radius 1 is 1.03 bits per heavy atom. The third kappa shape index (κ3) is 6.96. The first-order valence-corrected chi connectivity index (χ1v) is 13.8. The van der Waals surface area contributed by atoms with Gasteiger partial charge in [0.2, 0.25) is 5.91 Å². The summed E-state index contributed by atoms with van der Waals surface area (Å²) in [5.41, 5.74) is 1.75. The Hall–Kier alpha value is -2.58. The van der Waals surface area contributed by atoms with Crippen molar-refractivity contribution in [1.82, 2.24) is 10.2 Å². The zero-order valence-corrected chi connectivity index (χ0v) is 21.1. The summed E-state index contributed by atoms with van der Waals surface area (Å²) in [5.74, 6) is 1.30. The van der Waals surface area contributed by atoms with Crippen LogP contribution >= 0.6 is 0 Å². The van der Waals surface area contributed by atoms with Crippen molar-refractivity contribution in [3.63, 3.8) is 0 Å². The number of nitrogens with one attached hydrogen (secondary N) is 1. The van der Waals surface area contributed by atoms with Crippen LogP contribution in [0.4, 0.5) is 0 Å². The highest BCUT2D eigenvalue weighted by molar-refractivity contribution is 7.91. The average Bonchev–Trinajstić information content (AvgIpc) is 2.83. The molecule has 0 aromatic heterocycles. The minimum absolute atomic E-state index is 0.0656. The van der Waals surface area contributed by atoms with E-state index in [1.54, 1.807) is 7.11 Å². The standard InChI is InChI=1S/C26H36N2O5S/c1-4-5-9-16-33-23-13-12-22(19-24(23)32-3)20(2)27-26(29)25(21-10-7-6-8-11-21)28-14-17-34(30,31)18-15-28/h6-8,10-13,19-20,25H,4-5,9,14-18H2,1-3H3,(H,27,29). The Kier molecular flexibility index (Phi) is 9.36. The lowest BCUT2D eigenvalue weighted by Crippen LogP contribution is -2.47. The van der Waals surface area contributed by atoms with Crippen molar-refractivity contribution in [1.29, 1.82) is 0 Å². The molecule has 1 fully saturated rings. The third-order valence-electron chi connectivity index (χ3n) is 6.16. The van der Waals surface area contributed by atoms with Gasteiger partial charge < -0.3 is 14.8 Å². The predicted octanol–water partition coefficient (Wildman–Crippen LogP) is 3.91. The van der Waals surface area contributed by atoms with E-state index < -0.39 is 15.9 Å². The van der Waals surface area contributed by atoms with E-state index in [9.17, 15) is 13.2 Å². The van der Waals surface area contributed by atoms with Crippen molar-refractivity contribution in [3.8, 4) is 11.5 Å². The molecule has 0 aliphatic carbocycles. The Morgan fingerprint density at radius 3 is 2.38 bits per heavy atom. The molecule has 2 unspecified atom stereocenters. The molecule has 8 heteroatoms. The molecule has 186 valence electrons. The number of rotatable bonds is 11. The maximum Gasteiger partial charge on any atom is 0.242 e. The van der Waals surface area contributed by atoms with Gasteiger partial charge in [0.15, 0.2) is 21.3 Å². The summed E-state index contributed by atoms with van der Waals surface area (Å²) < 4.78 is 35.2. The summed E-state index contributed by atoms with van der Waals surface area (Å²) in [6, 6.07) is 14.4. The van der Waals surface area contributed by atoms with E-state index in [0.29, 0.717) is 31.2 Å². The zero-order chi connectivity index (χ0) is 24.6. The van der Waals surface area contributed by atoms with Gasteiger partial charge in [-0.05, 0) is 36.6 Å². The van der Waals surface area contributed by atoms with E-state index in [2.05, 4.69) is 12.2 Å². The van der Waals surface area contributed by atoms with Crippen molar-refractivity contribution in [2.24, 2.45) is 0 Å². The second-order valence-electron chi connectivity index (χ2n) is 8.70. The van der Waals surface area contributed by atoms with Crippen molar-refractivity contribution in [2.45, 2.75) is 45.2 Å². The first-order valence-electron chi connectivity index (χ1n) is 11.9. The van der Waals surface area contributed by atoms with E-state index in [1.807, 2.05) is 60.4 Å². The molecule has 1 N–H and O–H groups in total.